The highest BCUT2D eigenvalue weighted by Gasteiger charge is 2.06. The Hall–Kier alpha value is -2.36. The summed E-state index contributed by atoms with van der Waals surface area (Å²) in [6, 6.07) is 19.0. The van der Waals surface area contributed by atoms with Crippen molar-refractivity contribution in [3.05, 3.63) is 81.8 Å². The van der Waals surface area contributed by atoms with Gasteiger partial charge in [0.05, 0.1) is 22.7 Å². The van der Waals surface area contributed by atoms with E-state index in [0.717, 1.165) is 16.3 Å². The molecule has 1 N–H and O–H groups in total. The third-order valence-electron chi connectivity index (χ3n) is 3.61. The minimum atomic E-state index is -0.203. The van der Waals surface area contributed by atoms with E-state index < -0.39 is 0 Å². The Morgan fingerprint density at radius 1 is 0.958 bits per heavy atom. The van der Waals surface area contributed by atoms with Gasteiger partial charge in [-0.25, -0.2) is 5.43 Å². The second kappa shape index (κ2) is 7.47. The van der Waals surface area contributed by atoms with Crippen molar-refractivity contribution in [2.24, 2.45) is 5.10 Å². The van der Waals surface area contributed by atoms with Gasteiger partial charge < -0.3 is 0 Å². The summed E-state index contributed by atoms with van der Waals surface area (Å²) < 4.78 is 0. The molecule has 3 aromatic rings. The molecule has 0 atom stereocenters. The van der Waals surface area contributed by atoms with Crippen molar-refractivity contribution >= 4 is 46.1 Å². The zero-order valence-corrected chi connectivity index (χ0v) is 14.2. The predicted octanol–water partition coefficient (Wildman–Crippen LogP) is 4.84. The third kappa shape index (κ3) is 3.75. The van der Waals surface area contributed by atoms with Crippen molar-refractivity contribution in [3.63, 3.8) is 0 Å². The van der Waals surface area contributed by atoms with Gasteiger partial charge in [0.1, 0.15) is 0 Å². The van der Waals surface area contributed by atoms with Crippen LogP contribution in [0.25, 0.3) is 10.8 Å². The summed E-state index contributed by atoms with van der Waals surface area (Å²) in [5.74, 6) is -0.203. The van der Waals surface area contributed by atoms with Gasteiger partial charge in [-0.3, -0.25) is 4.79 Å². The predicted molar refractivity (Wildman–Crippen MR) is 99.9 cm³/mol. The zero-order valence-electron chi connectivity index (χ0n) is 12.7. The van der Waals surface area contributed by atoms with Gasteiger partial charge in [-0.2, -0.15) is 5.10 Å². The number of benzene rings is 3. The summed E-state index contributed by atoms with van der Waals surface area (Å²) >= 11 is 12.1. The first-order chi connectivity index (χ1) is 11.6. The van der Waals surface area contributed by atoms with E-state index in [1.807, 2.05) is 42.5 Å². The zero-order chi connectivity index (χ0) is 16.9. The quantitative estimate of drug-likeness (QED) is 0.527. The van der Waals surface area contributed by atoms with E-state index in [0.29, 0.717) is 15.6 Å². The van der Waals surface area contributed by atoms with Gasteiger partial charge in [-0.15, -0.1) is 0 Å². The van der Waals surface area contributed by atoms with E-state index in [2.05, 4.69) is 10.5 Å². The lowest BCUT2D eigenvalue weighted by atomic mass is 10.0. The van der Waals surface area contributed by atoms with E-state index in [9.17, 15) is 4.79 Å². The Morgan fingerprint density at radius 2 is 1.62 bits per heavy atom. The number of halogens is 2. The van der Waals surface area contributed by atoms with Crippen LogP contribution in [-0.2, 0) is 11.2 Å². The van der Waals surface area contributed by atoms with Crippen molar-refractivity contribution in [3.8, 4) is 0 Å². The summed E-state index contributed by atoms with van der Waals surface area (Å²) in [6.07, 6.45) is 1.70. The normalized spacial score (nSPS) is 11.1. The molecule has 120 valence electrons. The van der Waals surface area contributed by atoms with Crippen molar-refractivity contribution < 1.29 is 4.79 Å². The molecule has 0 aliphatic heterocycles. The monoisotopic (exact) mass is 356 g/mol. The summed E-state index contributed by atoms with van der Waals surface area (Å²) in [6.45, 7) is 0. The maximum absolute atomic E-state index is 12.1. The van der Waals surface area contributed by atoms with E-state index in [-0.39, 0.29) is 12.3 Å². The minimum absolute atomic E-state index is 0.203. The highest BCUT2D eigenvalue weighted by molar-refractivity contribution is 6.38. The van der Waals surface area contributed by atoms with Crippen LogP contribution in [0, 0.1) is 0 Å². The number of nitrogens with one attached hydrogen (secondary N) is 1. The Morgan fingerprint density at radius 3 is 2.42 bits per heavy atom. The molecule has 24 heavy (non-hydrogen) atoms. The van der Waals surface area contributed by atoms with Crippen LogP contribution in [0.5, 0.6) is 0 Å². The van der Waals surface area contributed by atoms with Gasteiger partial charge in [0, 0.05) is 5.56 Å². The van der Waals surface area contributed by atoms with Crippen LogP contribution >= 0.6 is 23.2 Å². The lowest BCUT2D eigenvalue weighted by molar-refractivity contribution is -0.120. The minimum Gasteiger partial charge on any atom is -0.273 e. The fraction of sp³-hybridized carbons (Fsp3) is 0.0526. The van der Waals surface area contributed by atoms with Crippen LogP contribution in [0.4, 0.5) is 0 Å². The SMILES string of the molecule is O=C(Cc1cccc2ccccc12)N/N=C/c1c(Cl)cccc1Cl. The van der Waals surface area contributed by atoms with E-state index in [1.165, 1.54) is 6.21 Å². The average Bonchev–Trinajstić information content (AvgIpc) is 2.58. The summed E-state index contributed by atoms with van der Waals surface area (Å²) in [5, 5.41) is 7.08. The van der Waals surface area contributed by atoms with Crippen LogP contribution < -0.4 is 5.43 Å². The largest absolute Gasteiger partial charge is 0.273 e. The lowest BCUT2D eigenvalue weighted by Crippen LogP contribution is -2.20. The van der Waals surface area contributed by atoms with Gasteiger partial charge in [-0.05, 0) is 28.5 Å². The number of amides is 1. The molecule has 0 saturated heterocycles. The molecular formula is C19H14Cl2N2O. The molecule has 0 unspecified atom stereocenters. The Labute approximate surface area is 149 Å². The number of carbonyl (C=O) groups is 1. The molecule has 0 radical (unpaired) electrons. The van der Waals surface area contributed by atoms with Gasteiger partial charge in [0.25, 0.3) is 0 Å². The van der Waals surface area contributed by atoms with E-state index >= 15 is 0 Å². The molecule has 3 rings (SSSR count). The van der Waals surface area contributed by atoms with Crippen molar-refractivity contribution in [2.45, 2.75) is 6.42 Å². The number of hydrazone groups is 1. The van der Waals surface area contributed by atoms with E-state index in [4.69, 9.17) is 23.2 Å². The molecule has 5 heteroatoms. The second-order valence-corrected chi connectivity index (χ2v) is 6.06. The number of rotatable bonds is 4. The van der Waals surface area contributed by atoms with Crippen molar-refractivity contribution in [2.75, 3.05) is 0 Å². The molecule has 1 amide bonds. The Kier molecular flexibility index (Phi) is 5.14. The molecule has 0 saturated carbocycles. The van der Waals surface area contributed by atoms with Crippen LogP contribution in [0.3, 0.4) is 0 Å². The Balaban J connectivity index is 1.71. The first-order valence-electron chi connectivity index (χ1n) is 7.38. The molecule has 0 aromatic heterocycles. The molecular weight excluding hydrogens is 343 g/mol. The van der Waals surface area contributed by atoms with Gasteiger partial charge in [0.2, 0.25) is 5.91 Å². The third-order valence-corrected chi connectivity index (χ3v) is 4.27. The fourth-order valence-electron chi connectivity index (χ4n) is 2.46. The molecule has 0 fully saturated rings. The van der Waals surface area contributed by atoms with Crippen LogP contribution in [0.2, 0.25) is 10.0 Å². The molecule has 0 aliphatic carbocycles. The molecule has 3 aromatic carbocycles. The van der Waals surface area contributed by atoms with E-state index in [1.54, 1.807) is 18.2 Å². The molecule has 0 heterocycles. The molecule has 0 aliphatic rings. The van der Waals surface area contributed by atoms with Crippen LogP contribution in [0.15, 0.2) is 65.8 Å². The topological polar surface area (TPSA) is 41.5 Å². The van der Waals surface area contributed by atoms with Crippen molar-refractivity contribution in [1.82, 2.24) is 5.43 Å². The molecule has 0 spiro atoms. The number of carbonyl (C=O) groups excluding carboxylic acids is 1. The highest BCUT2D eigenvalue weighted by Crippen LogP contribution is 2.22. The van der Waals surface area contributed by atoms with Crippen LogP contribution in [-0.4, -0.2) is 12.1 Å². The van der Waals surface area contributed by atoms with Crippen LogP contribution in [0.1, 0.15) is 11.1 Å². The van der Waals surface area contributed by atoms with Gasteiger partial charge in [0.15, 0.2) is 0 Å². The lowest BCUT2D eigenvalue weighted by Gasteiger charge is -2.05. The average molecular weight is 357 g/mol. The smallest absolute Gasteiger partial charge is 0.244 e. The fourth-order valence-corrected chi connectivity index (χ4v) is 2.96. The highest BCUT2D eigenvalue weighted by atomic mass is 35.5. The van der Waals surface area contributed by atoms with Gasteiger partial charge >= 0.3 is 0 Å². The maximum atomic E-state index is 12.1. The first kappa shape index (κ1) is 16.5. The van der Waals surface area contributed by atoms with Gasteiger partial charge in [-0.1, -0.05) is 71.7 Å². The Bertz CT molecular complexity index is 897. The standard InChI is InChI=1S/C19H14Cl2N2O/c20-17-9-4-10-18(21)16(17)12-22-23-19(24)11-14-7-3-6-13-5-1-2-8-15(13)14/h1-10,12H,11H2,(H,23,24)/b22-12+. The molecule has 0 bridgehead atoms. The summed E-state index contributed by atoms with van der Waals surface area (Å²) in [4.78, 5) is 12.1. The number of nitrogens with zero attached hydrogens (tertiary/aromatic N) is 1. The molecule has 3 nitrogen and oxygen atoms in total. The summed E-state index contributed by atoms with van der Waals surface area (Å²) in [7, 11) is 0. The summed E-state index contributed by atoms with van der Waals surface area (Å²) in [5.41, 5.74) is 4.04. The van der Waals surface area contributed by atoms with Crippen molar-refractivity contribution in [1.29, 1.82) is 0 Å². The first-order valence-corrected chi connectivity index (χ1v) is 8.13. The number of hydrogen-bond acceptors (Lipinski definition) is 2. The number of fused-ring (bicyclic) bond motifs is 1. The second-order valence-electron chi connectivity index (χ2n) is 5.24. The maximum Gasteiger partial charge on any atom is 0.244 e. The number of hydrogen-bond donors (Lipinski definition) is 1.